The van der Waals surface area contributed by atoms with Crippen molar-refractivity contribution in [1.29, 1.82) is 0 Å². The molecule has 0 aromatic heterocycles. The normalized spacial score (nSPS) is 13.4. The van der Waals surface area contributed by atoms with Gasteiger partial charge in [0.15, 0.2) is 0 Å². The number of hydrogen-bond acceptors (Lipinski definition) is 7. The minimum absolute atomic E-state index is 0.0500. The largest absolute Gasteiger partial charge is 0.443 e. The predicted octanol–water partition coefficient (Wildman–Crippen LogP) is 6.20. The molecule has 1 amide bonds. The first-order valence-electron chi connectivity index (χ1n) is 10.1. The van der Waals surface area contributed by atoms with Crippen molar-refractivity contribution in [2.75, 3.05) is 11.2 Å². The molecule has 0 spiro atoms. The number of aliphatic hydroxyl groups excluding tert-OH is 1. The van der Waals surface area contributed by atoms with Crippen LogP contribution in [0.2, 0.25) is 5.02 Å². The molecule has 2 aromatic carbocycles. The number of amides is 1. The number of rotatable bonds is 7. The summed E-state index contributed by atoms with van der Waals surface area (Å²) in [7, 11) is 0. The highest BCUT2D eigenvalue weighted by atomic mass is 35.5. The number of carbonyl (C=O) groups is 1. The molecule has 3 rings (SSSR count). The summed E-state index contributed by atoms with van der Waals surface area (Å²) >= 11 is 8.54. The van der Waals surface area contributed by atoms with Gasteiger partial charge in [0.25, 0.3) is 0 Å². The van der Waals surface area contributed by atoms with Gasteiger partial charge in [-0.05, 0) is 45.0 Å². The van der Waals surface area contributed by atoms with Crippen molar-refractivity contribution in [1.82, 2.24) is 9.62 Å². The quantitative estimate of drug-likeness (QED) is 0.366. The lowest BCUT2D eigenvalue weighted by molar-refractivity contribution is 0.0435. The van der Waals surface area contributed by atoms with E-state index in [0.29, 0.717) is 11.7 Å². The second-order valence-corrected chi connectivity index (χ2v) is 10.4. The summed E-state index contributed by atoms with van der Waals surface area (Å²) in [5.74, 6) is -1.17. The summed E-state index contributed by atoms with van der Waals surface area (Å²) in [5.41, 5.74) is -0.912. The standard InChI is InChI=1S/C22H23ClF3N3O3S2/c1-22(2,3)32-21(31)29(20-10-33-11-28-20)34-19-6-14(23)18(7-17(19)26)27-8-12-13(9-30)16(25)5-4-15(12)24/h4-7,10,27-28,30H,8-9,11H2,1-3H3. The number of halogens is 4. The number of aliphatic hydroxyl groups is 1. The van der Waals surface area contributed by atoms with Crippen molar-refractivity contribution >= 4 is 47.1 Å². The van der Waals surface area contributed by atoms with E-state index in [9.17, 15) is 23.1 Å². The molecule has 2 aromatic rings. The van der Waals surface area contributed by atoms with E-state index in [2.05, 4.69) is 10.6 Å². The van der Waals surface area contributed by atoms with Crippen LogP contribution >= 0.6 is 35.3 Å². The summed E-state index contributed by atoms with van der Waals surface area (Å²) in [6.45, 7) is 4.24. The van der Waals surface area contributed by atoms with Crippen molar-refractivity contribution in [2.45, 2.75) is 44.4 Å². The van der Waals surface area contributed by atoms with Gasteiger partial charge in [-0.3, -0.25) is 0 Å². The van der Waals surface area contributed by atoms with Gasteiger partial charge in [-0.15, -0.1) is 11.8 Å². The predicted molar refractivity (Wildman–Crippen MR) is 129 cm³/mol. The Bertz CT molecular complexity index is 1110. The highest BCUT2D eigenvalue weighted by molar-refractivity contribution is 8.02. The SMILES string of the molecule is CC(C)(C)OC(=O)N(Sc1cc(Cl)c(NCc2c(F)ccc(F)c2CO)cc1F)C1=CSCN1. The van der Waals surface area contributed by atoms with Crippen LogP contribution in [0.15, 0.2) is 40.4 Å². The smallest absolute Gasteiger partial charge is 0.426 e. The molecule has 12 heteroatoms. The molecule has 34 heavy (non-hydrogen) atoms. The molecule has 6 nitrogen and oxygen atoms in total. The van der Waals surface area contributed by atoms with Gasteiger partial charge in [0, 0.05) is 35.0 Å². The molecule has 1 heterocycles. The van der Waals surface area contributed by atoms with Gasteiger partial charge in [-0.2, -0.15) is 4.31 Å². The van der Waals surface area contributed by atoms with Crippen molar-refractivity contribution in [3.05, 3.63) is 69.1 Å². The number of nitrogens with zero attached hydrogens (tertiary/aromatic N) is 1. The molecule has 1 aliphatic heterocycles. The van der Waals surface area contributed by atoms with Crippen LogP contribution in [-0.2, 0) is 17.9 Å². The van der Waals surface area contributed by atoms with Crippen LogP contribution in [0.1, 0.15) is 31.9 Å². The van der Waals surface area contributed by atoms with E-state index < -0.39 is 35.8 Å². The maximum absolute atomic E-state index is 15.0. The number of hydrogen-bond donors (Lipinski definition) is 3. The second-order valence-electron chi connectivity index (χ2n) is 8.12. The van der Waals surface area contributed by atoms with E-state index in [4.69, 9.17) is 16.3 Å². The maximum atomic E-state index is 15.0. The van der Waals surface area contributed by atoms with Gasteiger partial charge in [0.05, 0.1) is 28.1 Å². The summed E-state index contributed by atoms with van der Waals surface area (Å²) in [6, 6.07) is 4.28. The van der Waals surface area contributed by atoms with E-state index in [1.807, 2.05) is 0 Å². The first-order chi connectivity index (χ1) is 16.0. The lowest BCUT2D eigenvalue weighted by atomic mass is 10.1. The number of benzene rings is 2. The zero-order valence-electron chi connectivity index (χ0n) is 18.5. The Morgan fingerprint density at radius 3 is 2.50 bits per heavy atom. The van der Waals surface area contributed by atoms with Crippen LogP contribution in [0.5, 0.6) is 0 Å². The molecule has 0 unspecified atom stereocenters. The van der Waals surface area contributed by atoms with Crippen molar-refractivity contribution < 1.29 is 27.8 Å². The molecule has 0 atom stereocenters. The van der Waals surface area contributed by atoms with E-state index in [0.717, 1.165) is 30.1 Å². The Balaban J connectivity index is 1.82. The lowest BCUT2D eigenvalue weighted by Crippen LogP contribution is -2.35. The summed E-state index contributed by atoms with van der Waals surface area (Å²) in [5, 5.41) is 17.0. The van der Waals surface area contributed by atoms with E-state index in [-0.39, 0.29) is 33.3 Å². The van der Waals surface area contributed by atoms with Crippen LogP contribution in [0.25, 0.3) is 0 Å². The maximum Gasteiger partial charge on any atom is 0.426 e. The van der Waals surface area contributed by atoms with Crippen LogP contribution in [0.4, 0.5) is 23.7 Å². The molecular formula is C22H23ClF3N3O3S2. The van der Waals surface area contributed by atoms with Gasteiger partial charge in [-0.25, -0.2) is 18.0 Å². The van der Waals surface area contributed by atoms with Gasteiger partial charge in [-0.1, -0.05) is 11.6 Å². The van der Waals surface area contributed by atoms with Crippen LogP contribution in [-0.4, -0.2) is 27.0 Å². The molecule has 1 aliphatic rings. The van der Waals surface area contributed by atoms with Gasteiger partial charge >= 0.3 is 6.09 Å². The fraction of sp³-hybridized carbons (Fsp3) is 0.318. The fourth-order valence-electron chi connectivity index (χ4n) is 2.90. The number of thioether (sulfide) groups is 1. The van der Waals surface area contributed by atoms with Gasteiger partial charge < -0.3 is 20.5 Å². The van der Waals surface area contributed by atoms with Crippen LogP contribution in [0.3, 0.4) is 0 Å². The molecule has 0 saturated heterocycles. The third kappa shape index (κ3) is 6.47. The minimum Gasteiger partial charge on any atom is -0.443 e. The average molecular weight is 534 g/mol. The van der Waals surface area contributed by atoms with Gasteiger partial charge in [0.1, 0.15) is 28.9 Å². The molecular weight excluding hydrogens is 511 g/mol. The number of carbonyl (C=O) groups excluding carboxylic acids is 1. The Morgan fingerprint density at radius 1 is 1.24 bits per heavy atom. The van der Waals surface area contributed by atoms with Crippen LogP contribution < -0.4 is 10.6 Å². The van der Waals surface area contributed by atoms with Crippen molar-refractivity contribution in [3.8, 4) is 0 Å². The first-order valence-corrected chi connectivity index (χ1v) is 12.3. The third-order valence-corrected chi connectivity index (χ3v) is 6.50. The second kappa shape index (κ2) is 11.0. The average Bonchev–Trinajstić information content (AvgIpc) is 3.28. The Kier molecular flexibility index (Phi) is 8.56. The minimum atomic E-state index is -0.758. The van der Waals surface area contributed by atoms with E-state index in [1.165, 1.54) is 22.1 Å². The van der Waals surface area contributed by atoms with Gasteiger partial charge in [0.2, 0.25) is 0 Å². The number of anilines is 1. The number of ether oxygens (including phenoxy) is 1. The monoisotopic (exact) mass is 533 g/mol. The molecule has 0 bridgehead atoms. The van der Waals surface area contributed by atoms with Crippen LogP contribution in [0, 0.1) is 17.5 Å². The zero-order chi connectivity index (χ0) is 25.0. The van der Waals surface area contributed by atoms with Crippen molar-refractivity contribution in [2.24, 2.45) is 0 Å². The number of nitrogens with one attached hydrogen (secondary N) is 2. The summed E-state index contributed by atoms with van der Waals surface area (Å²) in [4.78, 5) is 12.8. The molecule has 0 radical (unpaired) electrons. The molecule has 184 valence electrons. The summed E-state index contributed by atoms with van der Waals surface area (Å²) in [6.07, 6.45) is -0.686. The molecule has 0 aliphatic carbocycles. The fourth-order valence-corrected chi connectivity index (χ4v) is 4.76. The molecule has 0 fully saturated rings. The topological polar surface area (TPSA) is 73.8 Å². The lowest BCUT2D eigenvalue weighted by Gasteiger charge is -2.27. The molecule has 3 N–H and O–H groups in total. The Morgan fingerprint density at radius 2 is 1.91 bits per heavy atom. The highest BCUT2D eigenvalue weighted by Gasteiger charge is 2.29. The highest BCUT2D eigenvalue weighted by Crippen LogP contribution is 2.36. The van der Waals surface area contributed by atoms with E-state index >= 15 is 0 Å². The molecule has 0 saturated carbocycles. The first kappa shape index (κ1) is 26.4. The third-order valence-electron chi connectivity index (χ3n) is 4.45. The van der Waals surface area contributed by atoms with E-state index in [1.54, 1.807) is 26.2 Å². The Labute approximate surface area is 209 Å². The summed E-state index contributed by atoms with van der Waals surface area (Å²) < 4.78 is 49.6. The Hall–Kier alpha value is -2.21. The van der Waals surface area contributed by atoms with Crippen molar-refractivity contribution in [3.63, 3.8) is 0 Å². The zero-order valence-corrected chi connectivity index (χ0v) is 20.9.